The zero-order chi connectivity index (χ0) is 21.9. The predicted molar refractivity (Wildman–Crippen MR) is 116 cm³/mol. The minimum Gasteiger partial charge on any atom is -0.467 e. The maximum absolute atomic E-state index is 13.1. The fourth-order valence-electron chi connectivity index (χ4n) is 4.51. The molecule has 2 N–H and O–H groups in total. The predicted octanol–water partition coefficient (Wildman–Crippen LogP) is 2.95. The van der Waals surface area contributed by atoms with Gasteiger partial charge in [0, 0.05) is 24.7 Å². The van der Waals surface area contributed by atoms with E-state index >= 15 is 0 Å². The summed E-state index contributed by atoms with van der Waals surface area (Å²) in [6, 6.07) is 13.4. The lowest BCUT2D eigenvalue weighted by atomic mass is 9.92. The van der Waals surface area contributed by atoms with Crippen LogP contribution in [0.4, 0.5) is 0 Å². The highest BCUT2D eigenvalue weighted by Crippen LogP contribution is 2.32. The van der Waals surface area contributed by atoms with E-state index in [1.165, 1.54) is 5.56 Å². The first-order valence-corrected chi connectivity index (χ1v) is 11.0. The molecule has 3 aromatic rings. The normalized spacial score (nSPS) is 18.9. The molecule has 2 amide bonds. The molecule has 1 fully saturated rings. The molecule has 166 valence electrons. The van der Waals surface area contributed by atoms with Gasteiger partial charge >= 0.3 is 0 Å². The molecule has 1 aromatic carbocycles. The van der Waals surface area contributed by atoms with E-state index < -0.39 is 6.10 Å². The molecule has 1 atom stereocenters. The summed E-state index contributed by atoms with van der Waals surface area (Å²) in [5.74, 6) is 0.719. The molecule has 0 saturated carbocycles. The summed E-state index contributed by atoms with van der Waals surface area (Å²) < 4.78 is 11.1. The van der Waals surface area contributed by atoms with E-state index in [1.807, 2.05) is 29.2 Å². The molecule has 5 rings (SSSR count). The number of aromatic nitrogens is 2. The molecular weight excluding hydrogens is 408 g/mol. The number of fused-ring (bicyclic) bond motifs is 1. The molecule has 0 aliphatic carbocycles. The fourth-order valence-corrected chi connectivity index (χ4v) is 4.51. The average molecular weight is 434 g/mol. The van der Waals surface area contributed by atoms with E-state index in [-0.39, 0.29) is 17.7 Å². The molecule has 8 nitrogen and oxygen atoms in total. The van der Waals surface area contributed by atoms with Gasteiger partial charge in [0.05, 0.1) is 19.4 Å². The van der Waals surface area contributed by atoms with E-state index in [2.05, 4.69) is 21.6 Å². The van der Waals surface area contributed by atoms with Crippen molar-refractivity contribution in [3.63, 3.8) is 0 Å². The molecular formula is C24H26N4O4. The Morgan fingerprint density at radius 1 is 1.16 bits per heavy atom. The first-order chi connectivity index (χ1) is 15.7. The molecule has 0 radical (unpaired) electrons. The molecule has 2 aliphatic heterocycles. The Morgan fingerprint density at radius 3 is 2.81 bits per heavy atom. The number of H-pyrrole nitrogens is 1. The van der Waals surface area contributed by atoms with Crippen molar-refractivity contribution in [1.82, 2.24) is 20.4 Å². The fraction of sp³-hybridized carbons (Fsp3) is 0.375. The Balaban J connectivity index is 1.17. The van der Waals surface area contributed by atoms with Gasteiger partial charge < -0.3 is 19.4 Å². The zero-order valence-electron chi connectivity index (χ0n) is 17.8. The Labute approximate surface area is 185 Å². The van der Waals surface area contributed by atoms with Crippen LogP contribution in [0.25, 0.3) is 0 Å². The van der Waals surface area contributed by atoms with Gasteiger partial charge in [-0.2, -0.15) is 5.10 Å². The van der Waals surface area contributed by atoms with E-state index in [0.29, 0.717) is 37.7 Å². The third-order valence-electron chi connectivity index (χ3n) is 6.30. The van der Waals surface area contributed by atoms with Crippen LogP contribution in [0.1, 0.15) is 57.9 Å². The smallest absolute Gasteiger partial charge is 0.272 e. The minimum absolute atomic E-state index is 0.0400. The Hall–Kier alpha value is -3.39. The lowest BCUT2D eigenvalue weighted by molar-refractivity contribution is -0.146. The van der Waals surface area contributed by atoms with Crippen molar-refractivity contribution in [2.45, 2.75) is 37.8 Å². The van der Waals surface area contributed by atoms with E-state index in [0.717, 1.165) is 30.5 Å². The van der Waals surface area contributed by atoms with E-state index in [4.69, 9.17) is 9.15 Å². The molecule has 32 heavy (non-hydrogen) atoms. The van der Waals surface area contributed by atoms with Gasteiger partial charge in [-0.3, -0.25) is 14.7 Å². The summed E-state index contributed by atoms with van der Waals surface area (Å²) in [6.45, 7) is 2.21. The molecule has 8 heteroatoms. The standard InChI is InChI=1S/C24H26N4O4/c29-23(25-15-18-5-3-12-31-18)21-14-20(26-27-21)17-7-10-28(11-8-17)24(30)22-19-6-2-1-4-16(19)9-13-32-22/h1-6,12,14,17,22H,7-11,13,15H2,(H,25,29)(H,26,27). The van der Waals surface area contributed by atoms with Crippen LogP contribution in [0.2, 0.25) is 0 Å². The number of nitrogens with zero attached hydrogens (tertiary/aromatic N) is 2. The molecule has 2 aliphatic rings. The number of ether oxygens (including phenoxy) is 1. The minimum atomic E-state index is -0.506. The first kappa shape index (κ1) is 20.5. The lowest BCUT2D eigenvalue weighted by Gasteiger charge is -2.35. The number of carbonyl (C=O) groups is 2. The highest BCUT2D eigenvalue weighted by atomic mass is 16.5. The highest BCUT2D eigenvalue weighted by molar-refractivity contribution is 5.92. The number of carbonyl (C=O) groups excluding carboxylic acids is 2. The number of hydrogen-bond donors (Lipinski definition) is 2. The Kier molecular flexibility index (Phi) is 5.77. The number of amides is 2. The van der Waals surface area contributed by atoms with Gasteiger partial charge in [-0.15, -0.1) is 0 Å². The van der Waals surface area contributed by atoms with Gasteiger partial charge in [-0.25, -0.2) is 0 Å². The van der Waals surface area contributed by atoms with Crippen LogP contribution in [0.5, 0.6) is 0 Å². The zero-order valence-corrected chi connectivity index (χ0v) is 17.8. The van der Waals surface area contributed by atoms with Gasteiger partial charge in [-0.1, -0.05) is 24.3 Å². The second kappa shape index (κ2) is 9.00. The number of nitrogens with one attached hydrogen (secondary N) is 2. The topological polar surface area (TPSA) is 100 Å². The van der Waals surface area contributed by atoms with Crippen molar-refractivity contribution >= 4 is 11.8 Å². The van der Waals surface area contributed by atoms with Crippen molar-refractivity contribution in [3.05, 3.63) is 77.0 Å². The van der Waals surface area contributed by atoms with Gasteiger partial charge in [-0.05, 0) is 48.6 Å². The van der Waals surface area contributed by atoms with Crippen molar-refractivity contribution in [1.29, 1.82) is 0 Å². The van der Waals surface area contributed by atoms with Gasteiger partial charge in [0.25, 0.3) is 11.8 Å². The summed E-state index contributed by atoms with van der Waals surface area (Å²) in [4.78, 5) is 27.4. The number of furan rings is 1. The van der Waals surface area contributed by atoms with Gasteiger partial charge in [0.1, 0.15) is 11.5 Å². The van der Waals surface area contributed by atoms with Crippen LogP contribution in [0.15, 0.2) is 53.1 Å². The van der Waals surface area contributed by atoms with Crippen molar-refractivity contribution in [3.8, 4) is 0 Å². The number of aromatic amines is 1. The molecule has 1 saturated heterocycles. The van der Waals surface area contributed by atoms with Crippen molar-refractivity contribution < 1.29 is 18.7 Å². The molecule has 2 aromatic heterocycles. The molecule has 1 unspecified atom stereocenters. The summed E-state index contributed by atoms with van der Waals surface area (Å²) in [5, 5.41) is 9.99. The number of rotatable bonds is 5. The van der Waals surface area contributed by atoms with Crippen LogP contribution in [0, 0.1) is 0 Å². The van der Waals surface area contributed by atoms with Crippen LogP contribution < -0.4 is 5.32 Å². The maximum Gasteiger partial charge on any atom is 0.272 e. The number of benzene rings is 1. The first-order valence-electron chi connectivity index (χ1n) is 11.0. The van der Waals surface area contributed by atoms with Gasteiger partial charge in [0.15, 0.2) is 6.10 Å². The maximum atomic E-state index is 13.1. The summed E-state index contributed by atoms with van der Waals surface area (Å²) in [6.07, 6.45) is 3.54. The van der Waals surface area contributed by atoms with Crippen molar-refractivity contribution in [2.24, 2.45) is 0 Å². The number of likely N-dealkylation sites (tertiary alicyclic amines) is 1. The summed E-state index contributed by atoms with van der Waals surface area (Å²) in [7, 11) is 0. The lowest BCUT2D eigenvalue weighted by Crippen LogP contribution is -2.42. The second-order valence-corrected chi connectivity index (χ2v) is 8.27. The average Bonchev–Trinajstić information content (AvgIpc) is 3.54. The van der Waals surface area contributed by atoms with Crippen LogP contribution in [-0.2, 0) is 22.5 Å². The Morgan fingerprint density at radius 2 is 2.00 bits per heavy atom. The van der Waals surface area contributed by atoms with Crippen LogP contribution >= 0.6 is 0 Å². The van der Waals surface area contributed by atoms with Crippen LogP contribution in [-0.4, -0.2) is 46.6 Å². The number of hydrogen-bond acceptors (Lipinski definition) is 5. The summed E-state index contributed by atoms with van der Waals surface area (Å²) in [5.41, 5.74) is 3.48. The van der Waals surface area contributed by atoms with E-state index in [9.17, 15) is 9.59 Å². The van der Waals surface area contributed by atoms with Gasteiger partial charge in [0.2, 0.25) is 0 Å². The third-order valence-corrected chi connectivity index (χ3v) is 6.30. The second-order valence-electron chi connectivity index (χ2n) is 8.27. The van der Waals surface area contributed by atoms with Crippen molar-refractivity contribution in [2.75, 3.05) is 19.7 Å². The monoisotopic (exact) mass is 434 g/mol. The molecule has 0 bridgehead atoms. The quantitative estimate of drug-likeness (QED) is 0.643. The largest absolute Gasteiger partial charge is 0.467 e. The highest BCUT2D eigenvalue weighted by Gasteiger charge is 2.33. The molecule has 0 spiro atoms. The third kappa shape index (κ3) is 4.18. The van der Waals surface area contributed by atoms with Crippen LogP contribution in [0.3, 0.4) is 0 Å². The van der Waals surface area contributed by atoms with E-state index in [1.54, 1.807) is 18.4 Å². The Bertz CT molecular complexity index is 1080. The number of piperidine rings is 1. The SMILES string of the molecule is O=C(NCc1ccco1)c1cc(C2CCN(C(=O)C3OCCc4ccccc43)CC2)[nH]n1. The molecule has 4 heterocycles. The summed E-state index contributed by atoms with van der Waals surface area (Å²) >= 11 is 0.